The van der Waals surface area contributed by atoms with Crippen molar-refractivity contribution >= 4 is 0 Å². The lowest BCUT2D eigenvalue weighted by atomic mass is 9.76. The van der Waals surface area contributed by atoms with E-state index in [0.29, 0.717) is 12.8 Å². The third-order valence-electron chi connectivity index (χ3n) is 3.94. The summed E-state index contributed by atoms with van der Waals surface area (Å²) in [5.41, 5.74) is 0. The fraction of sp³-hybridized carbons (Fsp3) is 1.00. The Morgan fingerprint density at radius 3 is 2.06 bits per heavy atom. The SMILES string of the molecule is CCC(C)C(O)C1CCC(C(F)(F)F)CC1. The van der Waals surface area contributed by atoms with Gasteiger partial charge in [-0.05, 0) is 37.5 Å². The zero-order valence-electron chi connectivity index (χ0n) is 9.93. The fourth-order valence-electron chi connectivity index (χ4n) is 2.49. The maximum absolute atomic E-state index is 12.4. The molecule has 4 heteroatoms. The van der Waals surface area contributed by atoms with E-state index in [1.54, 1.807) is 0 Å². The second-order valence-corrected chi connectivity index (χ2v) is 5.03. The molecule has 1 saturated carbocycles. The number of hydrogen-bond acceptors (Lipinski definition) is 1. The van der Waals surface area contributed by atoms with Crippen molar-refractivity contribution in [2.24, 2.45) is 17.8 Å². The van der Waals surface area contributed by atoms with E-state index in [4.69, 9.17) is 0 Å². The number of alkyl halides is 3. The molecule has 0 spiro atoms. The maximum atomic E-state index is 12.4. The minimum Gasteiger partial charge on any atom is -0.393 e. The second kappa shape index (κ2) is 5.39. The first-order valence-corrected chi connectivity index (χ1v) is 6.11. The van der Waals surface area contributed by atoms with E-state index in [2.05, 4.69) is 0 Å². The van der Waals surface area contributed by atoms with Crippen LogP contribution in [0.25, 0.3) is 0 Å². The molecule has 0 saturated heterocycles. The minimum atomic E-state index is -4.05. The Kier molecular flexibility index (Phi) is 4.65. The maximum Gasteiger partial charge on any atom is 0.391 e. The van der Waals surface area contributed by atoms with Crippen molar-refractivity contribution in [2.45, 2.75) is 58.2 Å². The Hall–Kier alpha value is -0.250. The third-order valence-corrected chi connectivity index (χ3v) is 3.94. The summed E-state index contributed by atoms with van der Waals surface area (Å²) in [6.45, 7) is 3.95. The van der Waals surface area contributed by atoms with Crippen LogP contribution in [0.4, 0.5) is 13.2 Å². The van der Waals surface area contributed by atoms with Crippen LogP contribution in [0.15, 0.2) is 0 Å². The summed E-state index contributed by atoms with van der Waals surface area (Å²) in [7, 11) is 0. The monoisotopic (exact) mass is 238 g/mol. The highest BCUT2D eigenvalue weighted by Gasteiger charge is 2.42. The van der Waals surface area contributed by atoms with Crippen molar-refractivity contribution in [1.29, 1.82) is 0 Å². The lowest BCUT2D eigenvalue weighted by molar-refractivity contribution is -0.186. The van der Waals surface area contributed by atoms with Gasteiger partial charge in [0.2, 0.25) is 0 Å². The van der Waals surface area contributed by atoms with Crippen molar-refractivity contribution in [1.82, 2.24) is 0 Å². The first-order valence-electron chi connectivity index (χ1n) is 6.11. The van der Waals surface area contributed by atoms with Gasteiger partial charge in [0.1, 0.15) is 0 Å². The topological polar surface area (TPSA) is 20.2 Å². The van der Waals surface area contributed by atoms with E-state index in [1.165, 1.54) is 0 Å². The molecule has 1 rings (SSSR count). The summed E-state index contributed by atoms with van der Waals surface area (Å²) in [6, 6.07) is 0. The van der Waals surface area contributed by atoms with Crippen LogP contribution in [0.2, 0.25) is 0 Å². The largest absolute Gasteiger partial charge is 0.393 e. The lowest BCUT2D eigenvalue weighted by Gasteiger charge is -2.34. The van der Waals surface area contributed by atoms with Crippen LogP contribution >= 0.6 is 0 Å². The van der Waals surface area contributed by atoms with Gasteiger partial charge in [-0.25, -0.2) is 0 Å². The summed E-state index contributed by atoms with van der Waals surface area (Å²) in [6.07, 6.45) is -2.22. The number of aliphatic hydroxyl groups excluding tert-OH is 1. The second-order valence-electron chi connectivity index (χ2n) is 5.03. The van der Waals surface area contributed by atoms with Gasteiger partial charge in [0.05, 0.1) is 12.0 Å². The molecular formula is C12H21F3O. The summed E-state index contributed by atoms with van der Waals surface area (Å²) in [5, 5.41) is 9.95. The van der Waals surface area contributed by atoms with Gasteiger partial charge in [-0.1, -0.05) is 20.3 Å². The van der Waals surface area contributed by atoms with E-state index in [1.807, 2.05) is 13.8 Å². The fourth-order valence-corrected chi connectivity index (χ4v) is 2.49. The first-order chi connectivity index (χ1) is 7.36. The van der Waals surface area contributed by atoms with Crippen molar-refractivity contribution in [3.8, 4) is 0 Å². The van der Waals surface area contributed by atoms with Crippen molar-refractivity contribution in [3.63, 3.8) is 0 Å². The van der Waals surface area contributed by atoms with Crippen LogP contribution in [0.1, 0.15) is 46.0 Å². The van der Waals surface area contributed by atoms with Gasteiger partial charge in [-0.3, -0.25) is 0 Å². The molecule has 2 unspecified atom stereocenters. The molecule has 2 atom stereocenters. The van der Waals surface area contributed by atoms with E-state index in [9.17, 15) is 18.3 Å². The normalized spacial score (nSPS) is 31.1. The highest BCUT2D eigenvalue weighted by molar-refractivity contribution is 4.82. The van der Waals surface area contributed by atoms with Crippen LogP contribution in [0, 0.1) is 17.8 Å². The molecule has 0 radical (unpaired) electrons. The molecule has 1 N–H and O–H groups in total. The van der Waals surface area contributed by atoms with Crippen molar-refractivity contribution in [3.05, 3.63) is 0 Å². The summed E-state index contributed by atoms with van der Waals surface area (Å²) in [5.74, 6) is -0.895. The van der Waals surface area contributed by atoms with E-state index >= 15 is 0 Å². The Morgan fingerprint density at radius 2 is 1.69 bits per heavy atom. The van der Waals surface area contributed by atoms with Gasteiger partial charge in [0.25, 0.3) is 0 Å². The Balaban J connectivity index is 2.43. The molecule has 0 aromatic carbocycles. The van der Waals surface area contributed by atoms with Crippen LogP contribution < -0.4 is 0 Å². The molecule has 1 aliphatic carbocycles. The average Bonchev–Trinajstić information content (AvgIpc) is 2.26. The first kappa shape index (κ1) is 13.8. The quantitative estimate of drug-likeness (QED) is 0.793. The third kappa shape index (κ3) is 3.37. The Morgan fingerprint density at radius 1 is 1.19 bits per heavy atom. The van der Waals surface area contributed by atoms with Crippen LogP contribution in [0.3, 0.4) is 0 Å². The Bertz CT molecular complexity index is 207. The lowest BCUT2D eigenvalue weighted by Crippen LogP contribution is -2.34. The predicted molar refractivity (Wildman–Crippen MR) is 57.0 cm³/mol. The molecule has 0 aromatic rings. The molecule has 1 aliphatic rings. The number of halogens is 3. The van der Waals surface area contributed by atoms with Gasteiger partial charge in [0.15, 0.2) is 0 Å². The van der Waals surface area contributed by atoms with Crippen LogP contribution in [-0.4, -0.2) is 17.4 Å². The molecular weight excluding hydrogens is 217 g/mol. The van der Waals surface area contributed by atoms with Crippen molar-refractivity contribution < 1.29 is 18.3 Å². The smallest absolute Gasteiger partial charge is 0.391 e. The molecule has 96 valence electrons. The van der Waals surface area contributed by atoms with E-state index in [-0.39, 0.29) is 24.7 Å². The molecule has 16 heavy (non-hydrogen) atoms. The molecule has 0 heterocycles. The molecule has 1 nitrogen and oxygen atoms in total. The van der Waals surface area contributed by atoms with Crippen LogP contribution in [-0.2, 0) is 0 Å². The number of aliphatic hydroxyl groups is 1. The zero-order chi connectivity index (χ0) is 12.3. The van der Waals surface area contributed by atoms with Gasteiger partial charge in [-0.15, -0.1) is 0 Å². The number of hydrogen-bond donors (Lipinski definition) is 1. The minimum absolute atomic E-state index is 0.0635. The highest BCUT2D eigenvalue weighted by atomic mass is 19.4. The van der Waals surface area contributed by atoms with Gasteiger partial charge in [0, 0.05) is 0 Å². The zero-order valence-corrected chi connectivity index (χ0v) is 9.93. The molecule has 1 fully saturated rings. The van der Waals surface area contributed by atoms with Gasteiger partial charge in [-0.2, -0.15) is 13.2 Å². The highest BCUT2D eigenvalue weighted by Crippen LogP contribution is 2.41. The number of rotatable bonds is 3. The Labute approximate surface area is 95.0 Å². The summed E-state index contributed by atoms with van der Waals surface area (Å²) < 4.78 is 37.3. The molecule has 0 aromatic heterocycles. The predicted octanol–water partition coefficient (Wildman–Crippen LogP) is 3.76. The molecule has 0 amide bonds. The van der Waals surface area contributed by atoms with Crippen LogP contribution in [0.5, 0.6) is 0 Å². The molecule has 0 bridgehead atoms. The summed E-state index contributed by atoms with van der Waals surface area (Å²) >= 11 is 0. The van der Waals surface area contributed by atoms with Gasteiger partial charge >= 0.3 is 6.18 Å². The van der Waals surface area contributed by atoms with E-state index in [0.717, 1.165) is 6.42 Å². The van der Waals surface area contributed by atoms with E-state index < -0.39 is 18.2 Å². The summed E-state index contributed by atoms with van der Waals surface area (Å²) in [4.78, 5) is 0. The van der Waals surface area contributed by atoms with Gasteiger partial charge < -0.3 is 5.11 Å². The average molecular weight is 238 g/mol. The standard InChI is InChI=1S/C12H21F3O/c1-3-8(2)11(16)9-4-6-10(7-5-9)12(13,14)15/h8-11,16H,3-7H2,1-2H3. The van der Waals surface area contributed by atoms with Crippen molar-refractivity contribution in [2.75, 3.05) is 0 Å². The molecule has 0 aliphatic heterocycles.